The van der Waals surface area contributed by atoms with Crippen LogP contribution in [0.25, 0.3) is 27.7 Å². The molecule has 51 heavy (non-hydrogen) atoms. The van der Waals surface area contributed by atoms with E-state index in [0.29, 0.717) is 18.2 Å². The third-order valence-corrected chi connectivity index (χ3v) is 8.31. The third kappa shape index (κ3) is 4.48. The van der Waals surface area contributed by atoms with Crippen LogP contribution in [0.15, 0.2) is 42.2 Å². The first-order valence-electron chi connectivity index (χ1n) is 13.8. The molecule has 0 saturated carbocycles. The molecule has 0 N–H and O–H groups in total. The maximum Gasteiger partial charge on any atom is 0.610 e. The van der Waals surface area contributed by atoms with Crippen LogP contribution in [0.2, 0.25) is 0 Å². The van der Waals surface area contributed by atoms with Crippen molar-refractivity contribution in [2.24, 2.45) is 0 Å². The van der Waals surface area contributed by atoms with Gasteiger partial charge >= 0.3 is 13.0 Å². The van der Waals surface area contributed by atoms with Crippen LogP contribution in [0.1, 0.15) is 28.1 Å². The normalized spacial score (nSPS) is 15.7. The maximum absolute atomic E-state index is 15.9. The lowest BCUT2D eigenvalue weighted by molar-refractivity contribution is 0.0404. The molecule has 0 aromatic heterocycles. The molecule has 0 amide bonds. The summed E-state index contributed by atoms with van der Waals surface area (Å²) in [6.07, 6.45) is 0. The van der Waals surface area contributed by atoms with Gasteiger partial charge in [0.15, 0.2) is 58.1 Å². The predicted octanol–water partition coefficient (Wildman–Crippen LogP) is 10.5. The highest BCUT2D eigenvalue weighted by Crippen LogP contribution is 2.59. The van der Waals surface area contributed by atoms with Crippen molar-refractivity contribution in [3.63, 3.8) is 0 Å². The Hall–Kier alpha value is -5.36. The lowest BCUT2D eigenvalue weighted by atomic mass is 9.68. The van der Waals surface area contributed by atoms with Crippen LogP contribution in [0, 0.1) is 69.8 Å². The Morgan fingerprint density at radius 3 is 1.67 bits per heavy atom. The Kier molecular flexibility index (Phi) is 7.58. The first-order valence-corrected chi connectivity index (χ1v) is 13.8. The van der Waals surface area contributed by atoms with Gasteiger partial charge in [0.05, 0.1) is 22.1 Å². The summed E-state index contributed by atoms with van der Waals surface area (Å²) in [5.74, 6) is -46.2. The van der Waals surface area contributed by atoms with Crippen molar-refractivity contribution >= 4 is 23.7 Å². The number of halogens is 16. The van der Waals surface area contributed by atoms with Crippen molar-refractivity contribution in [2.75, 3.05) is 0 Å². The van der Waals surface area contributed by atoms with Gasteiger partial charge in [-0.05, 0) is 17.7 Å². The van der Waals surface area contributed by atoms with Crippen LogP contribution >= 0.6 is 0 Å². The number of fused-ring (bicyclic) bond motifs is 5. The highest BCUT2D eigenvalue weighted by atomic mass is 19.3. The fraction of sp³-hybridized carbons (Fsp3) is 0.0625. The molecule has 2 aliphatic rings. The number of hydrogen-bond donors (Lipinski definition) is 0. The minimum absolute atomic E-state index is 0.540. The summed E-state index contributed by atoms with van der Waals surface area (Å²) in [6.45, 7) is 0. The van der Waals surface area contributed by atoms with Gasteiger partial charge in [-0.2, -0.15) is 17.6 Å². The molecular formula is C32H7BF16O2. The van der Waals surface area contributed by atoms with Gasteiger partial charge in [-0.25, -0.2) is 52.7 Å². The smallest absolute Gasteiger partial charge is 0.523 e. The van der Waals surface area contributed by atoms with Gasteiger partial charge in [-0.1, -0.05) is 24.3 Å². The molecule has 0 fully saturated rings. The minimum atomic E-state index is -5.39. The second kappa shape index (κ2) is 11.3. The molecule has 2 aliphatic carbocycles. The Morgan fingerprint density at radius 1 is 0.490 bits per heavy atom. The fourth-order valence-electron chi connectivity index (χ4n) is 6.13. The van der Waals surface area contributed by atoms with E-state index in [1.807, 2.05) is 0 Å². The van der Waals surface area contributed by atoms with Crippen molar-refractivity contribution in [2.45, 2.75) is 11.7 Å². The summed E-state index contributed by atoms with van der Waals surface area (Å²) in [7, 11) is -3.23. The zero-order chi connectivity index (χ0) is 37.2. The average Bonchev–Trinajstić information content (AvgIpc) is 3.49. The van der Waals surface area contributed by atoms with Crippen LogP contribution in [-0.2, 0) is 5.92 Å². The van der Waals surface area contributed by atoms with Crippen LogP contribution < -0.4 is 9.31 Å². The van der Waals surface area contributed by atoms with Crippen molar-refractivity contribution in [3.8, 4) is 22.6 Å². The summed E-state index contributed by atoms with van der Waals surface area (Å²) in [4.78, 5) is 0. The Balaban J connectivity index is 1.53. The fourth-order valence-corrected chi connectivity index (χ4v) is 6.13. The van der Waals surface area contributed by atoms with Crippen molar-refractivity contribution in [3.05, 3.63) is 134 Å². The largest absolute Gasteiger partial charge is 0.610 e. The predicted molar refractivity (Wildman–Crippen MR) is 144 cm³/mol. The van der Waals surface area contributed by atoms with Gasteiger partial charge in [0.2, 0.25) is 11.6 Å². The van der Waals surface area contributed by atoms with Gasteiger partial charge in [0.25, 0.3) is 0 Å². The second-order valence-electron chi connectivity index (χ2n) is 11.0. The van der Waals surface area contributed by atoms with E-state index in [9.17, 15) is 35.1 Å². The first kappa shape index (κ1) is 34.1. The number of benzene rings is 5. The lowest BCUT2D eigenvalue weighted by Gasteiger charge is -2.26. The van der Waals surface area contributed by atoms with Crippen molar-refractivity contribution in [1.82, 2.24) is 0 Å². The monoisotopic (exact) mass is 738 g/mol. The van der Waals surface area contributed by atoms with Gasteiger partial charge < -0.3 is 9.31 Å². The molecule has 0 heterocycles. The molecular weight excluding hydrogens is 731 g/mol. The average molecular weight is 738 g/mol. The number of hydrogen-bond acceptors (Lipinski definition) is 2. The van der Waals surface area contributed by atoms with Crippen LogP contribution in [-0.4, -0.2) is 7.12 Å². The second-order valence-corrected chi connectivity index (χ2v) is 11.0. The molecule has 0 saturated heterocycles. The molecule has 5 aromatic carbocycles. The van der Waals surface area contributed by atoms with Gasteiger partial charge in [0.1, 0.15) is 29.0 Å². The standard InChI is InChI=1S/C32H7BF16O2/c34-9-5-1-3-7-11(9)18(36)23(41)17(7)33(50-30-8-4-2-6-10(35)12(8)19(37)25(43)28(30)46)51-31-16-14(21(39)26(44)29(31)47)13-15(32(16,48)49)22(40)27(45)24(42)20(13)38/h1-6,17H. The Bertz CT molecular complexity index is 2430. The lowest BCUT2D eigenvalue weighted by Crippen LogP contribution is -2.39. The molecule has 5 aromatic rings. The van der Waals surface area contributed by atoms with Crippen molar-refractivity contribution in [1.29, 1.82) is 0 Å². The van der Waals surface area contributed by atoms with E-state index < -0.39 is 156 Å². The first-order chi connectivity index (χ1) is 23.9. The molecule has 2 nitrogen and oxygen atoms in total. The molecule has 0 radical (unpaired) electrons. The van der Waals surface area contributed by atoms with E-state index in [1.165, 1.54) is 0 Å². The van der Waals surface area contributed by atoms with Gasteiger partial charge in [0, 0.05) is 16.5 Å². The Morgan fingerprint density at radius 2 is 1.00 bits per heavy atom. The topological polar surface area (TPSA) is 18.5 Å². The summed E-state index contributed by atoms with van der Waals surface area (Å²) in [5.41, 5.74) is -11.4. The van der Waals surface area contributed by atoms with Crippen molar-refractivity contribution < 1.29 is 79.6 Å². The summed E-state index contributed by atoms with van der Waals surface area (Å²) < 4.78 is 250. The molecule has 0 bridgehead atoms. The van der Waals surface area contributed by atoms with Crippen LogP contribution in [0.5, 0.6) is 11.5 Å². The molecule has 0 aliphatic heterocycles. The summed E-state index contributed by atoms with van der Waals surface area (Å²) in [5, 5.41) is -2.42. The van der Waals surface area contributed by atoms with E-state index >= 15 is 35.1 Å². The summed E-state index contributed by atoms with van der Waals surface area (Å²) in [6, 6.07) is 4.05. The molecule has 19 heteroatoms. The van der Waals surface area contributed by atoms with Crippen LogP contribution in [0.4, 0.5) is 70.2 Å². The number of rotatable bonds is 5. The number of allylic oxidation sites excluding steroid dienone is 1. The van der Waals surface area contributed by atoms with E-state index in [0.717, 1.165) is 18.2 Å². The van der Waals surface area contributed by atoms with E-state index in [2.05, 4.69) is 0 Å². The quantitative estimate of drug-likeness (QED) is 0.0774. The molecule has 1 atom stereocenters. The van der Waals surface area contributed by atoms with E-state index in [4.69, 9.17) is 9.31 Å². The van der Waals surface area contributed by atoms with Crippen LogP contribution in [0.3, 0.4) is 0 Å². The summed E-state index contributed by atoms with van der Waals surface area (Å²) >= 11 is 0. The van der Waals surface area contributed by atoms with E-state index in [1.54, 1.807) is 0 Å². The van der Waals surface area contributed by atoms with Gasteiger partial charge in [-0.15, -0.1) is 0 Å². The minimum Gasteiger partial charge on any atom is -0.523 e. The molecule has 7 rings (SSSR count). The van der Waals surface area contributed by atoms with Gasteiger partial charge in [-0.3, -0.25) is 0 Å². The molecule has 1 unspecified atom stereocenters. The third-order valence-electron chi connectivity index (χ3n) is 8.31. The molecule has 262 valence electrons. The maximum atomic E-state index is 15.9. The number of alkyl halides is 2. The SMILES string of the molecule is FC1=C(F)C(B(Oc2c(F)c(F)c(F)c3c2C(F)(F)c2c(F)c(F)c(F)c(F)c2-3)Oc2c(F)c(F)c(F)c3c(F)cccc23)c2cccc(F)c21. The van der Waals surface area contributed by atoms with E-state index in [-0.39, 0.29) is 0 Å². The highest BCUT2D eigenvalue weighted by molar-refractivity contribution is 6.50. The highest BCUT2D eigenvalue weighted by Gasteiger charge is 2.57. The molecule has 0 spiro atoms. The zero-order valence-electron chi connectivity index (χ0n) is 24.0. The zero-order valence-corrected chi connectivity index (χ0v) is 24.0. The Labute approximate surface area is 272 Å².